The maximum absolute atomic E-state index is 12.7. The van der Waals surface area contributed by atoms with E-state index in [4.69, 9.17) is 0 Å². The fraction of sp³-hybridized carbons (Fsp3) is 0.600. The van der Waals surface area contributed by atoms with Crippen LogP contribution >= 0.6 is 11.8 Å². The maximum Gasteiger partial charge on any atom is 0.451 e. The Morgan fingerprint density at radius 1 is 1.27 bits per heavy atom. The lowest BCUT2D eigenvalue weighted by Crippen LogP contribution is -2.38. The van der Waals surface area contributed by atoms with Gasteiger partial charge >= 0.3 is 6.18 Å². The molecule has 1 saturated carbocycles. The number of hydrogen-bond acceptors (Lipinski definition) is 5. The number of hydrogen-bond donors (Lipinski definition) is 1. The van der Waals surface area contributed by atoms with Crippen molar-refractivity contribution in [1.82, 2.24) is 29.6 Å². The van der Waals surface area contributed by atoms with E-state index in [9.17, 15) is 18.0 Å². The van der Waals surface area contributed by atoms with Gasteiger partial charge in [0.2, 0.25) is 11.6 Å². The molecular formula is C15H19F3N6OS. The predicted molar refractivity (Wildman–Crippen MR) is 88.6 cm³/mol. The Morgan fingerprint density at radius 2 is 1.96 bits per heavy atom. The van der Waals surface area contributed by atoms with Crippen LogP contribution in [0.15, 0.2) is 17.6 Å². The Labute approximate surface area is 152 Å². The molecule has 0 unspecified atom stereocenters. The van der Waals surface area contributed by atoms with Crippen LogP contribution in [-0.2, 0) is 20.3 Å². The van der Waals surface area contributed by atoms with Crippen LogP contribution < -0.4 is 5.32 Å². The maximum atomic E-state index is 12.7. The molecule has 2 aromatic heterocycles. The molecule has 0 aromatic carbocycles. The highest BCUT2D eigenvalue weighted by Crippen LogP contribution is 2.33. The highest BCUT2D eigenvalue weighted by atomic mass is 32.2. The third-order valence-corrected chi connectivity index (χ3v) is 5.69. The van der Waals surface area contributed by atoms with E-state index in [1.807, 2.05) is 17.8 Å². The largest absolute Gasteiger partial charge is 0.451 e. The van der Waals surface area contributed by atoms with Gasteiger partial charge in [0.05, 0.1) is 0 Å². The first-order valence-corrected chi connectivity index (χ1v) is 9.05. The molecule has 1 N–H and O–H groups in total. The molecule has 1 amide bonds. The minimum atomic E-state index is -4.64. The van der Waals surface area contributed by atoms with Gasteiger partial charge < -0.3 is 9.88 Å². The summed E-state index contributed by atoms with van der Waals surface area (Å²) in [4.78, 5) is 19.8. The first kappa shape index (κ1) is 18.7. The average Bonchev–Trinajstić information content (AvgIpc) is 3.15. The molecule has 2 heterocycles. The molecule has 0 bridgehead atoms. The zero-order valence-electron chi connectivity index (χ0n) is 14.3. The summed E-state index contributed by atoms with van der Waals surface area (Å²) in [6.07, 6.45) is 2.31. The number of amides is 1. The number of thioether (sulfide) groups is 1. The molecule has 142 valence electrons. The summed E-state index contributed by atoms with van der Waals surface area (Å²) in [6.45, 7) is 0. The third-order valence-electron chi connectivity index (χ3n) is 4.28. The van der Waals surface area contributed by atoms with E-state index in [1.54, 1.807) is 18.0 Å². The smallest absolute Gasteiger partial charge is 0.347 e. The first-order chi connectivity index (χ1) is 12.2. The summed E-state index contributed by atoms with van der Waals surface area (Å²) in [6, 6.07) is -0.0844. The number of nitrogens with zero attached hydrogens (tertiary/aromatic N) is 5. The monoisotopic (exact) mass is 388 g/mol. The van der Waals surface area contributed by atoms with Crippen LogP contribution in [0.2, 0.25) is 0 Å². The Balaban J connectivity index is 1.53. The lowest BCUT2D eigenvalue weighted by atomic mass is 9.95. The van der Waals surface area contributed by atoms with E-state index in [0.717, 1.165) is 37.9 Å². The quantitative estimate of drug-likeness (QED) is 0.870. The van der Waals surface area contributed by atoms with Gasteiger partial charge in [-0.1, -0.05) is 11.8 Å². The molecular weight excluding hydrogens is 369 g/mol. The molecule has 26 heavy (non-hydrogen) atoms. The van der Waals surface area contributed by atoms with Crippen molar-refractivity contribution in [1.29, 1.82) is 0 Å². The van der Waals surface area contributed by atoms with Crippen molar-refractivity contribution >= 4 is 17.7 Å². The number of alkyl halides is 3. The van der Waals surface area contributed by atoms with E-state index < -0.39 is 23.7 Å². The van der Waals surface area contributed by atoms with Gasteiger partial charge in [-0.2, -0.15) is 18.2 Å². The normalized spacial score (nSPS) is 21.0. The molecule has 3 rings (SSSR count). The number of halogens is 3. The fourth-order valence-electron chi connectivity index (χ4n) is 2.92. The number of carbonyl (C=O) groups excluding carboxylic acids is 1. The van der Waals surface area contributed by atoms with Gasteiger partial charge in [0.15, 0.2) is 5.16 Å². The zero-order chi connectivity index (χ0) is 18.9. The first-order valence-electron chi connectivity index (χ1n) is 8.17. The number of imidazole rings is 1. The van der Waals surface area contributed by atoms with E-state index in [1.165, 1.54) is 0 Å². The molecule has 1 aliphatic carbocycles. The van der Waals surface area contributed by atoms with Crippen LogP contribution in [-0.4, -0.2) is 41.5 Å². The Hall–Kier alpha value is -2.04. The van der Waals surface area contributed by atoms with E-state index >= 15 is 0 Å². The summed E-state index contributed by atoms with van der Waals surface area (Å²) < 4.78 is 40.8. The number of aromatic nitrogens is 5. The molecule has 0 saturated heterocycles. The van der Waals surface area contributed by atoms with E-state index in [2.05, 4.69) is 20.4 Å². The number of aryl methyl sites for hydroxylation is 2. The molecule has 7 nitrogen and oxygen atoms in total. The van der Waals surface area contributed by atoms with Crippen molar-refractivity contribution in [3.8, 4) is 0 Å². The van der Waals surface area contributed by atoms with E-state index in [-0.39, 0.29) is 6.04 Å². The topological polar surface area (TPSA) is 77.6 Å². The van der Waals surface area contributed by atoms with Crippen LogP contribution in [0.4, 0.5) is 13.2 Å². The average molecular weight is 388 g/mol. The lowest BCUT2D eigenvalue weighted by molar-refractivity contribution is -0.147. The minimum Gasteiger partial charge on any atom is -0.347 e. The molecule has 0 aliphatic heterocycles. The lowest BCUT2D eigenvalue weighted by Gasteiger charge is -2.28. The number of carbonyl (C=O) groups is 1. The molecule has 1 fully saturated rings. The molecule has 0 radical (unpaired) electrons. The summed E-state index contributed by atoms with van der Waals surface area (Å²) in [5.74, 6) is -2.31. The number of rotatable bonds is 4. The summed E-state index contributed by atoms with van der Waals surface area (Å²) in [7, 11) is 3.06. The zero-order valence-corrected chi connectivity index (χ0v) is 15.1. The minimum absolute atomic E-state index is 0.0844. The SMILES string of the molecule is Cn1ccnc1SC1CCC(NC(=O)c2nc(C(F)(F)F)n(C)n2)CC1. The standard InChI is InChI=1S/C15H19F3N6OS/c1-23-8-7-19-14(23)26-10-5-3-9(4-6-10)20-12(25)11-21-13(15(16,17)18)24(2)22-11/h7-10H,3-6H2,1-2H3,(H,20,25). The van der Waals surface area contributed by atoms with Crippen molar-refractivity contribution in [2.24, 2.45) is 14.1 Å². The van der Waals surface area contributed by atoms with Crippen LogP contribution in [0, 0.1) is 0 Å². The molecule has 1 aliphatic rings. The highest BCUT2D eigenvalue weighted by molar-refractivity contribution is 7.99. The second kappa shape index (κ2) is 7.29. The summed E-state index contributed by atoms with van der Waals surface area (Å²) in [5, 5.41) is 7.68. The fourth-order valence-corrected chi connectivity index (χ4v) is 4.07. The Bertz CT molecular complexity index is 779. The van der Waals surface area contributed by atoms with Gasteiger partial charge in [-0.05, 0) is 25.7 Å². The van der Waals surface area contributed by atoms with Gasteiger partial charge in [-0.3, -0.25) is 4.79 Å². The third kappa shape index (κ3) is 4.19. The highest BCUT2D eigenvalue weighted by Gasteiger charge is 2.38. The van der Waals surface area contributed by atoms with Crippen LogP contribution in [0.3, 0.4) is 0 Å². The van der Waals surface area contributed by atoms with Gasteiger partial charge in [0.1, 0.15) is 0 Å². The second-order valence-electron chi connectivity index (χ2n) is 6.27. The van der Waals surface area contributed by atoms with Crippen LogP contribution in [0.5, 0.6) is 0 Å². The predicted octanol–water partition coefficient (Wildman–Crippen LogP) is 2.40. The van der Waals surface area contributed by atoms with Gasteiger partial charge in [-0.15, -0.1) is 5.10 Å². The molecule has 0 spiro atoms. The van der Waals surface area contributed by atoms with Crippen molar-refractivity contribution in [2.75, 3.05) is 0 Å². The Kier molecular flexibility index (Phi) is 5.26. The van der Waals surface area contributed by atoms with Crippen molar-refractivity contribution in [3.05, 3.63) is 24.0 Å². The van der Waals surface area contributed by atoms with Crippen LogP contribution in [0.1, 0.15) is 42.1 Å². The summed E-state index contributed by atoms with van der Waals surface area (Å²) in [5.41, 5.74) is 0. The van der Waals surface area contributed by atoms with Gasteiger partial charge in [-0.25, -0.2) is 9.67 Å². The van der Waals surface area contributed by atoms with Gasteiger partial charge in [0, 0.05) is 37.8 Å². The van der Waals surface area contributed by atoms with Crippen molar-refractivity contribution < 1.29 is 18.0 Å². The van der Waals surface area contributed by atoms with Crippen molar-refractivity contribution in [3.63, 3.8) is 0 Å². The second-order valence-corrected chi connectivity index (χ2v) is 7.53. The molecule has 0 atom stereocenters. The van der Waals surface area contributed by atoms with Crippen LogP contribution in [0.25, 0.3) is 0 Å². The molecule has 11 heteroatoms. The van der Waals surface area contributed by atoms with Crippen molar-refractivity contribution in [2.45, 2.75) is 48.3 Å². The van der Waals surface area contributed by atoms with E-state index in [0.29, 0.717) is 9.93 Å². The molecule has 2 aromatic rings. The van der Waals surface area contributed by atoms with Gasteiger partial charge in [0.25, 0.3) is 5.91 Å². The Morgan fingerprint density at radius 3 is 2.50 bits per heavy atom. The number of nitrogens with one attached hydrogen (secondary N) is 1. The summed E-state index contributed by atoms with van der Waals surface area (Å²) >= 11 is 1.71.